The van der Waals surface area contributed by atoms with Gasteiger partial charge in [0.15, 0.2) is 0 Å². The Labute approximate surface area is 145 Å². The highest BCUT2D eigenvalue weighted by Gasteiger charge is 2.04. The minimum absolute atomic E-state index is 0.499. The Balaban J connectivity index is 1.57. The lowest BCUT2D eigenvalue weighted by molar-refractivity contribution is 0.307. The Hall–Kier alpha value is -3.47. The third kappa shape index (κ3) is 3.40. The number of rotatable bonds is 5. The van der Waals surface area contributed by atoms with E-state index in [2.05, 4.69) is 45.6 Å². The van der Waals surface area contributed by atoms with Crippen LogP contribution < -0.4 is 4.74 Å². The van der Waals surface area contributed by atoms with Gasteiger partial charge in [-0.25, -0.2) is 4.68 Å². The molecular weight excluding hydrogens is 312 g/mol. The third-order valence-corrected chi connectivity index (χ3v) is 3.92. The number of hydrogen-bond donors (Lipinski definition) is 0. The van der Waals surface area contributed by atoms with E-state index in [-0.39, 0.29) is 0 Å². The van der Waals surface area contributed by atoms with E-state index >= 15 is 0 Å². The molecule has 0 atom stereocenters. The van der Waals surface area contributed by atoms with Crippen LogP contribution in [0.25, 0.3) is 10.8 Å². The molecule has 122 valence electrons. The number of nitrogens with zero attached hydrogens (tertiary/aromatic N) is 4. The van der Waals surface area contributed by atoms with Crippen molar-refractivity contribution in [2.45, 2.75) is 6.61 Å². The van der Waals surface area contributed by atoms with E-state index in [1.165, 1.54) is 23.4 Å². The summed E-state index contributed by atoms with van der Waals surface area (Å²) < 4.78 is 7.61. The van der Waals surface area contributed by atoms with Crippen LogP contribution >= 0.6 is 0 Å². The lowest BCUT2D eigenvalue weighted by atomic mass is 10.1. The van der Waals surface area contributed by atoms with E-state index in [1.807, 2.05) is 36.4 Å². The normalized spacial score (nSPS) is 11.2. The van der Waals surface area contributed by atoms with Gasteiger partial charge in [-0.05, 0) is 28.5 Å². The van der Waals surface area contributed by atoms with Gasteiger partial charge >= 0.3 is 0 Å². The molecule has 0 N–H and O–H groups in total. The summed E-state index contributed by atoms with van der Waals surface area (Å²) in [6.45, 7) is 0.499. The highest BCUT2D eigenvalue weighted by Crippen LogP contribution is 2.22. The summed E-state index contributed by atoms with van der Waals surface area (Å²) in [6, 6.07) is 22.4. The molecule has 0 radical (unpaired) electrons. The fourth-order valence-corrected chi connectivity index (χ4v) is 2.68. The van der Waals surface area contributed by atoms with Crippen LogP contribution in [0.2, 0.25) is 0 Å². The molecule has 3 aromatic carbocycles. The third-order valence-electron chi connectivity index (χ3n) is 3.92. The van der Waals surface area contributed by atoms with Crippen molar-refractivity contribution >= 4 is 17.0 Å². The van der Waals surface area contributed by atoms with Gasteiger partial charge in [-0.2, -0.15) is 5.10 Å². The van der Waals surface area contributed by atoms with Crippen molar-refractivity contribution in [3.05, 3.63) is 90.5 Å². The number of benzene rings is 3. The minimum Gasteiger partial charge on any atom is -0.488 e. The van der Waals surface area contributed by atoms with Gasteiger partial charge in [0, 0.05) is 5.56 Å². The number of fused-ring (bicyclic) bond motifs is 1. The van der Waals surface area contributed by atoms with Gasteiger partial charge in [0.2, 0.25) is 0 Å². The first-order valence-corrected chi connectivity index (χ1v) is 7.97. The Morgan fingerprint density at radius 1 is 0.880 bits per heavy atom. The summed E-state index contributed by atoms with van der Waals surface area (Å²) in [5.74, 6) is 0.784. The SMILES string of the molecule is C(=Nn1cnnc1)c1ccccc1OCc1cccc2ccccc12. The summed E-state index contributed by atoms with van der Waals surface area (Å²) in [7, 11) is 0. The molecule has 0 bridgehead atoms. The number of hydrogen-bond acceptors (Lipinski definition) is 4. The van der Waals surface area contributed by atoms with E-state index in [1.54, 1.807) is 10.9 Å². The van der Waals surface area contributed by atoms with Crippen molar-refractivity contribution in [1.29, 1.82) is 0 Å². The zero-order valence-electron chi connectivity index (χ0n) is 13.5. The molecule has 0 aliphatic heterocycles. The molecule has 0 saturated heterocycles. The predicted octanol–water partition coefficient (Wildman–Crippen LogP) is 3.89. The molecule has 0 unspecified atom stereocenters. The first kappa shape index (κ1) is 15.1. The molecule has 0 saturated carbocycles. The lowest BCUT2D eigenvalue weighted by Gasteiger charge is -2.11. The second kappa shape index (κ2) is 6.97. The molecule has 4 aromatic rings. The first-order chi connectivity index (χ1) is 12.4. The zero-order chi connectivity index (χ0) is 16.9. The van der Waals surface area contributed by atoms with Crippen molar-refractivity contribution in [3.63, 3.8) is 0 Å². The van der Waals surface area contributed by atoms with Gasteiger partial charge in [-0.3, -0.25) is 0 Å². The largest absolute Gasteiger partial charge is 0.488 e. The van der Waals surface area contributed by atoms with Crippen LogP contribution in [0.1, 0.15) is 11.1 Å². The predicted molar refractivity (Wildman–Crippen MR) is 97.7 cm³/mol. The number of aromatic nitrogens is 3. The van der Waals surface area contributed by atoms with Gasteiger partial charge in [-0.1, -0.05) is 54.6 Å². The molecule has 0 aliphatic carbocycles. The molecule has 5 heteroatoms. The molecule has 0 spiro atoms. The molecule has 1 heterocycles. The quantitative estimate of drug-likeness (QED) is 0.522. The van der Waals surface area contributed by atoms with Crippen LogP contribution in [0.3, 0.4) is 0 Å². The topological polar surface area (TPSA) is 52.3 Å². The standard InChI is InChI=1S/C20H16N4O/c1-3-10-19-16(6-1)8-5-9-18(19)13-25-20-11-4-2-7-17(20)12-23-24-14-21-22-15-24/h1-12,14-15H,13H2. The lowest BCUT2D eigenvalue weighted by Crippen LogP contribution is -1.99. The number of para-hydroxylation sites is 1. The van der Waals surface area contributed by atoms with Gasteiger partial charge in [-0.15, -0.1) is 10.2 Å². The zero-order valence-corrected chi connectivity index (χ0v) is 13.5. The fourth-order valence-electron chi connectivity index (χ4n) is 2.68. The highest BCUT2D eigenvalue weighted by atomic mass is 16.5. The summed E-state index contributed by atoms with van der Waals surface area (Å²) in [6.07, 6.45) is 4.81. The average molecular weight is 328 g/mol. The summed E-state index contributed by atoms with van der Waals surface area (Å²) in [5.41, 5.74) is 2.06. The molecule has 0 aliphatic rings. The van der Waals surface area contributed by atoms with E-state index < -0.39 is 0 Å². The van der Waals surface area contributed by atoms with Crippen LogP contribution in [0.5, 0.6) is 5.75 Å². The maximum atomic E-state index is 6.07. The van der Waals surface area contributed by atoms with Crippen molar-refractivity contribution in [3.8, 4) is 5.75 Å². The monoisotopic (exact) mass is 328 g/mol. The van der Waals surface area contributed by atoms with Gasteiger partial charge in [0.05, 0.1) is 6.21 Å². The number of ether oxygens (including phenoxy) is 1. The highest BCUT2D eigenvalue weighted by molar-refractivity contribution is 5.86. The Kier molecular flexibility index (Phi) is 4.20. The van der Waals surface area contributed by atoms with E-state index in [4.69, 9.17) is 4.74 Å². The molecule has 25 heavy (non-hydrogen) atoms. The van der Waals surface area contributed by atoms with Crippen LogP contribution in [0.15, 0.2) is 84.5 Å². The second-order valence-corrected chi connectivity index (χ2v) is 5.55. The molecular formula is C20H16N4O. The van der Waals surface area contributed by atoms with Crippen LogP contribution in [0, 0.1) is 0 Å². The average Bonchev–Trinajstić information content (AvgIpc) is 3.19. The van der Waals surface area contributed by atoms with Crippen molar-refractivity contribution in [2.75, 3.05) is 0 Å². The van der Waals surface area contributed by atoms with E-state index in [0.29, 0.717) is 6.61 Å². The molecule has 0 fully saturated rings. The van der Waals surface area contributed by atoms with Gasteiger partial charge in [0.1, 0.15) is 25.0 Å². The summed E-state index contributed by atoms with van der Waals surface area (Å²) >= 11 is 0. The summed E-state index contributed by atoms with van der Waals surface area (Å²) in [5, 5.41) is 14.2. The smallest absolute Gasteiger partial charge is 0.141 e. The van der Waals surface area contributed by atoms with Crippen LogP contribution in [-0.4, -0.2) is 21.1 Å². The maximum absolute atomic E-state index is 6.07. The van der Waals surface area contributed by atoms with Crippen LogP contribution in [-0.2, 0) is 6.61 Å². The Bertz CT molecular complexity index is 1000. The molecule has 1 aromatic heterocycles. The fraction of sp³-hybridized carbons (Fsp3) is 0.0500. The van der Waals surface area contributed by atoms with Gasteiger partial charge in [0.25, 0.3) is 0 Å². The first-order valence-electron chi connectivity index (χ1n) is 7.97. The van der Waals surface area contributed by atoms with Crippen molar-refractivity contribution in [1.82, 2.24) is 14.9 Å². The Morgan fingerprint density at radius 2 is 1.64 bits per heavy atom. The van der Waals surface area contributed by atoms with Crippen molar-refractivity contribution in [2.24, 2.45) is 5.10 Å². The maximum Gasteiger partial charge on any atom is 0.141 e. The minimum atomic E-state index is 0.499. The summed E-state index contributed by atoms with van der Waals surface area (Å²) in [4.78, 5) is 0. The molecule has 5 nitrogen and oxygen atoms in total. The molecule has 4 rings (SSSR count). The van der Waals surface area contributed by atoms with E-state index in [9.17, 15) is 0 Å². The van der Waals surface area contributed by atoms with Crippen molar-refractivity contribution < 1.29 is 4.74 Å². The second-order valence-electron chi connectivity index (χ2n) is 5.55. The van der Waals surface area contributed by atoms with Crippen LogP contribution in [0.4, 0.5) is 0 Å². The van der Waals surface area contributed by atoms with Gasteiger partial charge < -0.3 is 4.74 Å². The Morgan fingerprint density at radius 3 is 2.56 bits per heavy atom. The van der Waals surface area contributed by atoms with E-state index in [0.717, 1.165) is 16.9 Å². The molecule has 0 amide bonds.